The Hall–Kier alpha value is -1.50. The number of H-pyrrole nitrogens is 1. The van der Waals surface area contributed by atoms with E-state index >= 15 is 0 Å². The van der Waals surface area contributed by atoms with Gasteiger partial charge in [-0.2, -0.15) is 15.4 Å². The van der Waals surface area contributed by atoms with Crippen LogP contribution in [0.2, 0.25) is 5.02 Å². The Morgan fingerprint density at radius 2 is 2.33 bits per heavy atom. The van der Waals surface area contributed by atoms with Crippen LogP contribution >= 0.6 is 11.6 Å². The van der Waals surface area contributed by atoms with Crippen molar-refractivity contribution in [1.82, 2.24) is 20.3 Å². The van der Waals surface area contributed by atoms with Crippen molar-refractivity contribution in [3.63, 3.8) is 0 Å². The second-order valence-electron chi connectivity index (χ2n) is 5.45. The number of rotatable bonds is 3. The molecule has 0 amide bonds. The minimum absolute atomic E-state index is 0.122. The number of hydrogen-bond acceptors (Lipinski definition) is 4. The van der Waals surface area contributed by atoms with E-state index in [9.17, 15) is 9.50 Å². The van der Waals surface area contributed by atoms with Crippen LogP contribution in [0.1, 0.15) is 24.1 Å². The third kappa shape index (κ3) is 3.07. The minimum Gasteiger partial charge on any atom is -0.382 e. The number of benzene rings is 1. The van der Waals surface area contributed by atoms with Crippen LogP contribution in [0, 0.1) is 5.82 Å². The van der Waals surface area contributed by atoms with Gasteiger partial charge in [-0.05, 0) is 37.1 Å². The van der Waals surface area contributed by atoms with Crippen molar-refractivity contribution in [3.8, 4) is 0 Å². The number of hydrogen-bond donors (Lipinski definition) is 2. The van der Waals surface area contributed by atoms with E-state index in [4.69, 9.17) is 11.6 Å². The zero-order chi connectivity index (χ0) is 14.9. The van der Waals surface area contributed by atoms with Gasteiger partial charge in [-0.25, -0.2) is 4.39 Å². The van der Waals surface area contributed by atoms with E-state index in [1.54, 1.807) is 18.3 Å². The first kappa shape index (κ1) is 14.4. The number of aliphatic hydroxyl groups is 1. The molecular weight excluding hydrogens is 295 g/mol. The van der Waals surface area contributed by atoms with Crippen molar-refractivity contribution in [3.05, 3.63) is 46.5 Å². The molecule has 1 aliphatic rings. The molecule has 1 atom stereocenters. The summed E-state index contributed by atoms with van der Waals surface area (Å²) in [6.45, 7) is 1.95. The SMILES string of the molecule is OC1(c2cn[nH]n2)CCCN(Cc2ccc(F)c(Cl)c2)C1. The second-order valence-corrected chi connectivity index (χ2v) is 5.86. The van der Waals surface area contributed by atoms with E-state index in [0.717, 1.165) is 18.5 Å². The lowest BCUT2D eigenvalue weighted by Gasteiger charge is -2.38. The highest BCUT2D eigenvalue weighted by Crippen LogP contribution is 2.30. The third-order valence-corrected chi connectivity index (χ3v) is 4.12. The molecule has 1 saturated heterocycles. The fourth-order valence-electron chi connectivity index (χ4n) is 2.79. The van der Waals surface area contributed by atoms with Gasteiger partial charge >= 0.3 is 0 Å². The normalized spacial score (nSPS) is 23.4. The number of aromatic nitrogens is 3. The largest absolute Gasteiger partial charge is 0.382 e. The Kier molecular flexibility index (Phi) is 3.93. The van der Waals surface area contributed by atoms with Crippen LogP contribution in [-0.2, 0) is 12.1 Å². The molecule has 1 aromatic heterocycles. The van der Waals surface area contributed by atoms with Gasteiger partial charge in [-0.3, -0.25) is 4.90 Å². The summed E-state index contributed by atoms with van der Waals surface area (Å²) in [6.07, 6.45) is 3.07. The highest BCUT2D eigenvalue weighted by Gasteiger charge is 2.37. The van der Waals surface area contributed by atoms with E-state index in [2.05, 4.69) is 20.3 Å². The number of likely N-dealkylation sites (tertiary alicyclic amines) is 1. The van der Waals surface area contributed by atoms with Gasteiger partial charge in [0.15, 0.2) is 0 Å². The van der Waals surface area contributed by atoms with Crippen molar-refractivity contribution in [2.75, 3.05) is 13.1 Å². The maximum absolute atomic E-state index is 13.2. The predicted molar refractivity (Wildman–Crippen MR) is 76.2 cm³/mol. The summed E-state index contributed by atoms with van der Waals surface area (Å²) in [5, 5.41) is 21.1. The van der Waals surface area contributed by atoms with E-state index in [0.29, 0.717) is 25.2 Å². The Morgan fingerprint density at radius 3 is 3.05 bits per heavy atom. The molecule has 1 fully saturated rings. The lowest BCUT2D eigenvalue weighted by atomic mass is 9.90. The monoisotopic (exact) mass is 310 g/mol. The van der Waals surface area contributed by atoms with Gasteiger partial charge < -0.3 is 5.11 Å². The molecule has 1 unspecified atom stereocenters. The number of halogens is 2. The number of piperidine rings is 1. The van der Waals surface area contributed by atoms with Crippen LogP contribution in [0.3, 0.4) is 0 Å². The summed E-state index contributed by atoms with van der Waals surface area (Å²) in [5.41, 5.74) is 0.491. The van der Waals surface area contributed by atoms with Crippen LogP contribution in [0.5, 0.6) is 0 Å². The molecule has 7 heteroatoms. The van der Waals surface area contributed by atoms with Gasteiger partial charge in [-0.15, -0.1) is 0 Å². The van der Waals surface area contributed by atoms with E-state index in [1.165, 1.54) is 6.07 Å². The van der Waals surface area contributed by atoms with Gasteiger partial charge in [0, 0.05) is 13.1 Å². The summed E-state index contributed by atoms with van der Waals surface area (Å²) >= 11 is 5.80. The third-order valence-electron chi connectivity index (χ3n) is 3.83. The molecule has 5 nitrogen and oxygen atoms in total. The second kappa shape index (κ2) is 5.71. The number of β-amino-alcohol motifs (C(OH)–C–C–N with tert-alkyl or cyclic N) is 1. The van der Waals surface area contributed by atoms with Gasteiger partial charge in [0.1, 0.15) is 17.1 Å². The van der Waals surface area contributed by atoms with Crippen LogP contribution < -0.4 is 0 Å². The van der Waals surface area contributed by atoms with E-state index in [-0.39, 0.29) is 5.02 Å². The standard InChI is InChI=1S/C14H16ClFN4O/c15-11-6-10(2-3-12(11)16)8-20-5-1-4-14(21,9-20)13-7-17-19-18-13/h2-3,6-7,21H,1,4-5,8-9H2,(H,17,18,19). The maximum Gasteiger partial charge on any atom is 0.141 e. The Morgan fingerprint density at radius 1 is 1.48 bits per heavy atom. The highest BCUT2D eigenvalue weighted by molar-refractivity contribution is 6.30. The van der Waals surface area contributed by atoms with Gasteiger partial charge in [0.2, 0.25) is 0 Å². The zero-order valence-electron chi connectivity index (χ0n) is 11.4. The molecule has 3 rings (SSSR count). The molecule has 1 aliphatic heterocycles. The van der Waals surface area contributed by atoms with Gasteiger partial charge in [0.05, 0.1) is 11.2 Å². The molecule has 21 heavy (non-hydrogen) atoms. The Bertz CT molecular complexity index is 621. The lowest BCUT2D eigenvalue weighted by Crippen LogP contribution is -2.45. The summed E-state index contributed by atoms with van der Waals surface area (Å²) in [7, 11) is 0. The fourth-order valence-corrected chi connectivity index (χ4v) is 2.99. The predicted octanol–water partition coefficient (Wildman–Crippen LogP) is 2.08. The zero-order valence-corrected chi connectivity index (χ0v) is 12.1. The van der Waals surface area contributed by atoms with Crippen LogP contribution in [0.15, 0.2) is 24.4 Å². The quantitative estimate of drug-likeness (QED) is 0.911. The summed E-state index contributed by atoms with van der Waals surface area (Å²) in [6, 6.07) is 4.71. The molecule has 0 saturated carbocycles. The lowest BCUT2D eigenvalue weighted by molar-refractivity contribution is -0.0414. The number of nitrogens with zero attached hydrogens (tertiary/aromatic N) is 3. The van der Waals surface area contributed by atoms with E-state index in [1.807, 2.05) is 0 Å². The number of aromatic amines is 1. The molecule has 2 N–H and O–H groups in total. The van der Waals surface area contributed by atoms with Crippen LogP contribution in [0.4, 0.5) is 4.39 Å². The smallest absolute Gasteiger partial charge is 0.141 e. The van der Waals surface area contributed by atoms with Crippen molar-refractivity contribution in [1.29, 1.82) is 0 Å². The van der Waals surface area contributed by atoms with Crippen LogP contribution in [-0.4, -0.2) is 38.5 Å². The first-order valence-corrected chi connectivity index (χ1v) is 7.19. The van der Waals surface area contributed by atoms with Gasteiger partial charge in [-0.1, -0.05) is 17.7 Å². The first-order valence-electron chi connectivity index (χ1n) is 6.82. The fraction of sp³-hybridized carbons (Fsp3) is 0.429. The minimum atomic E-state index is -0.991. The topological polar surface area (TPSA) is 65.0 Å². The summed E-state index contributed by atoms with van der Waals surface area (Å²) in [5.74, 6) is -0.418. The average molecular weight is 311 g/mol. The van der Waals surface area contributed by atoms with E-state index < -0.39 is 11.4 Å². The molecule has 0 bridgehead atoms. The average Bonchev–Trinajstić information content (AvgIpc) is 2.98. The highest BCUT2D eigenvalue weighted by atomic mass is 35.5. The molecule has 0 spiro atoms. The Labute approximate surface area is 126 Å². The molecule has 2 heterocycles. The number of nitrogens with one attached hydrogen (secondary N) is 1. The molecule has 0 aliphatic carbocycles. The van der Waals surface area contributed by atoms with Crippen LogP contribution in [0.25, 0.3) is 0 Å². The van der Waals surface area contributed by atoms with Crippen molar-refractivity contribution in [2.24, 2.45) is 0 Å². The Balaban J connectivity index is 1.73. The van der Waals surface area contributed by atoms with Gasteiger partial charge in [0.25, 0.3) is 0 Å². The molecule has 2 aromatic rings. The first-order chi connectivity index (χ1) is 10.1. The molecule has 0 radical (unpaired) electrons. The maximum atomic E-state index is 13.2. The van der Waals surface area contributed by atoms with Crippen molar-refractivity contribution >= 4 is 11.6 Å². The summed E-state index contributed by atoms with van der Waals surface area (Å²) in [4.78, 5) is 2.11. The molecular formula is C14H16ClFN4O. The molecule has 1 aromatic carbocycles. The van der Waals surface area contributed by atoms with Crippen molar-refractivity contribution < 1.29 is 9.50 Å². The molecule has 112 valence electrons. The van der Waals surface area contributed by atoms with Crippen molar-refractivity contribution in [2.45, 2.75) is 25.0 Å². The summed E-state index contributed by atoms with van der Waals surface area (Å²) < 4.78 is 13.2.